The van der Waals surface area contributed by atoms with Gasteiger partial charge in [0.1, 0.15) is 5.69 Å². The van der Waals surface area contributed by atoms with Crippen molar-refractivity contribution in [1.29, 1.82) is 0 Å². The smallest absolute Gasteiger partial charge is 0.382 e. The number of aryl methyl sites for hydroxylation is 1. The van der Waals surface area contributed by atoms with Gasteiger partial charge in [0.25, 0.3) is 5.91 Å². The van der Waals surface area contributed by atoms with Crippen LogP contribution in [0.5, 0.6) is 0 Å². The lowest BCUT2D eigenvalue weighted by Gasteiger charge is -2.31. The SMILES string of the molecule is CCc1ccccc1C(=O)N[C@H]1CC[C@@H](Nc2cc(C(F)(F)F)nc3ccccc23)CC1. The molecule has 1 amide bonds. The van der Waals surface area contributed by atoms with Crippen molar-refractivity contribution in [3.8, 4) is 0 Å². The van der Waals surface area contributed by atoms with E-state index in [9.17, 15) is 18.0 Å². The number of pyridine rings is 1. The van der Waals surface area contributed by atoms with Crippen LogP contribution in [0, 0.1) is 0 Å². The highest BCUT2D eigenvalue weighted by molar-refractivity contribution is 5.96. The maximum atomic E-state index is 13.3. The number of rotatable bonds is 5. The first-order valence-electron chi connectivity index (χ1n) is 11.0. The lowest BCUT2D eigenvalue weighted by molar-refractivity contribution is -0.140. The first kappa shape index (κ1) is 22.1. The Balaban J connectivity index is 1.42. The van der Waals surface area contributed by atoms with Gasteiger partial charge in [-0.25, -0.2) is 4.98 Å². The van der Waals surface area contributed by atoms with Gasteiger partial charge in [-0.1, -0.05) is 43.3 Å². The van der Waals surface area contributed by atoms with Crippen LogP contribution in [0.15, 0.2) is 54.6 Å². The van der Waals surface area contributed by atoms with Crippen LogP contribution in [-0.4, -0.2) is 23.0 Å². The summed E-state index contributed by atoms with van der Waals surface area (Å²) in [6.45, 7) is 2.02. The zero-order valence-electron chi connectivity index (χ0n) is 17.9. The molecule has 2 N–H and O–H groups in total. The molecule has 0 atom stereocenters. The Bertz CT molecular complexity index is 1110. The lowest BCUT2D eigenvalue weighted by Crippen LogP contribution is -2.40. The van der Waals surface area contributed by atoms with Gasteiger partial charge in [0, 0.05) is 28.7 Å². The van der Waals surface area contributed by atoms with Crippen LogP contribution in [0.2, 0.25) is 0 Å². The van der Waals surface area contributed by atoms with Gasteiger partial charge < -0.3 is 10.6 Å². The number of nitrogens with one attached hydrogen (secondary N) is 2. The summed E-state index contributed by atoms with van der Waals surface area (Å²) in [6.07, 6.45) is -0.645. The molecule has 3 aromatic rings. The van der Waals surface area contributed by atoms with Gasteiger partial charge in [0.2, 0.25) is 0 Å². The Morgan fingerprint density at radius 1 is 1.00 bits per heavy atom. The second-order valence-electron chi connectivity index (χ2n) is 8.25. The number of hydrogen-bond acceptors (Lipinski definition) is 3. The summed E-state index contributed by atoms with van der Waals surface area (Å²) in [4.78, 5) is 16.5. The molecule has 1 aliphatic carbocycles. The van der Waals surface area contributed by atoms with Crippen molar-refractivity contribution in [2.45, 2.75) is 57.3 Å². The van der Waals surface area contributed by atoms with Crippen LogP contribution in [0.3, 0.4) is 0 Å². The van der Waals surface area contributed by atoms with E-state index < -0.39 is 11.9 Å². The molecule has 0 radical (unpaired) electrons. The Hall–Kier alpha value is -3.09. The molecule has 1 heterocycles. The summed E-state index contributed by atoms with van der Waals surface area (Å²) in [5.74, 6) is -0.0613. The second kappa shape index (κ2) is 9.18. The number of alkyl halides is 3. The predicted octanol–water partition coefficient (Wildman–Crippen LogP) is 5.97. The summed E-state index contributed by atoms with van der Waals surface area (Å²) in [5, 5.41) is 7.11. The number of aromatic nitrogens is 1. The third-order valence-corrected chi connectivity index (χ3v) is 6.07. The summed E-state index contributed by atoms with van der Waals surface area (Å²) < 4.78 is 39.9. The third kappa shape index (κ3) is 4.87. The fourth-order valence-electron chi connectivity index (χ4n) is 4.36. The average molecular weight is 441 g/mol. The molecule has 0 unspecified atom stereocenters. The van der Waals surface area contributed by atoms with Crippen LogP contribution in [0.1, 0.15) is 54.2 Å². The van der Waals surface area contributed by atoms with Crippen molar-refractivity contribution in [3.63, 3.8) is 0 Å². The minimum atomic E-state index is -4.50. The zero-order chi connectivity index (χ0) is 22.7. The molecule has 0 aliphatic heterocycles. The molecule has 7 heteroatoms. The average Bonchev–Trinajstić information content (AvgIpc) is 2.79. The van der Waals surface area contributed by atoms with E-state index in [2.05, 4.69) is 15.6 Å². The van der Waals surface area contributed by atoms with Crippen LogP contribution in [0.25, 0.3) is 10.9 Å². The minimum absolute atomic E-state index is 0.0398. The maximum absolute atomic E-state index is 13.3. The second-order valence-corrected chi connectivity index (χ2v) is 8.25. The van der Waals surface area contributed by atoms with E-state index in [0.717, 1.165) is 43.7 Å². The Kier molecular flexibility index (Phi) is 6.35. The van der Waals surface area contributed by atoms with Gasteiger partial charge in [-0.15, -0.1) is 0 Å². The summed E-state index contributed by atoms with van der Waals surface area (Å²) in [5.41, 5.74) is 1.60. The topological polar surface area (TPSA) is 54.0 Å². The Morgan fingerprint density at radius 2 is 1.66 bits per heavy atom. The predicted molar refractivity (Wildman–Crippen MR) is 120 cm³/mol. The number of benzene rings is 2. The molecule has 0 spiro atoms. The van der Waals surface area contributed by atoms with E-state index in [1.54, 1.807) is 24.3 Å². The number of carbonyl (C=O) groups excluding carboxylic acids is 1. The number of amides is 1. The molecule has 0 bridgehead atoms. The molecular weight excluding hydrogens is 415 g/mol. The number of nitrogens with zero attached hydrogens (tertiary/aromatic N) is 1. The van der Waals surface area contributed by atoms with E-state index in [1.807, 2.05) is 31.2 Å². The standard InChI is InChI=1S/C25H26F3N3O/c1-2-16-7-3-4-8-19(16)24(32)30-18-13-11-17(12-14-18)29-22-15-23(25(26,27)28)31-21-10-6-5-9-20(21)22/h3-10,15,17-18H,2,11-14H2,1H3,(H,29,31)(H,30,32)/t17-,18+. The molecule has 2 aromatic carbocycles. The quantitative estimate of drug-likeness (QED) is 0.513. The van der Waals surface area contributed by atoms with Crippen LogP contribution in [-0.2, 0) is 12.6 Å². The van der Waals surface area contributed by atoms with Gasteiger partial charge in [0.05, 0.1) is 5.52 Å². The van der Waals surface area contributed by atoms with Crippen LogP contribution in [0.4, 0.5) is 18.9 Å². The summed E-state index contributed by atoms with van der Waals surface area (Å²) in [6, 6.07) is 15.6. The normalized spacial score (nSPS) is 19.0. The third-order valence-electron chi connectivity index (χ3n) is 6.07. The summed E-state index contributed by atoms with van der Waals surface area (Å²) >= 11 is 0. The number of fused-ring (bicyclic) bond motifs is 1. The Labute approximate surface area is 185 Å². The van der Waals surface area contributed by atoms with E-state index >= 15 is 0 Å². The molecular formula is C25H26F3N3O. The fraction of sp³-hybridized carbons (Fsp3) is 0.360. The fourth-order valence-corrected chi connectivity index (χ4v) is 4.36. The van der Waals surface area contributed by atoms with Crippen LogP contribution >= 0.6 is 0 Å². The summed E-state index contributed by atoms with van der Waals surface area (Å²) in [7, 11) is 0. The molecule has 1 saturated carbocycles. The van der Waals surface area contributed by atoms with Gasteiger partial charge in [-0.2, -0.15) is 13.2 Å². The van der Waals surface area contributed by atoms with Crippen molar-refractivity contribution >= 4 is 22.5 Å². The highest BCUT2D eigenvalue weighted by atomic mass is 19.4. The number of hydrogen-bond donors (Lipinski definition) is 2. The van der Waals surface area contributed by atoms with Crippen molar-refractivity contribution in [1.82, 2.24) is 10.3 Å². The maximum Gasteiger partial charge on any atom is 0.433 e. The molecule has 1 fully saturated rings. The first-order chi connectivity index (χ1) is 15.3. The van der Waals surface area contributed by atoms with Crippen molar-refractivity contribution in [2.75, 3.05) is 5.32 Å². The van der Waals surface area contributed by atoms with Gasteiger partial charge in [-0.3, -0.25) is 4.79 Å². The number of anilines is 1. The van der Waals surface area contributed by atoms with Crippen molar-refractivity contribution in [3.05, 3.63) is 71.4 Å². The van der Waals surface area contributed by atoms with Crippen LogP contribution < -0.4 is 10.6 Å². The largest absolute Gasteiger partial charge is 0.433 e. The first-order valence-corrected chi connectivity index (χ1v) is 11.0. The lowest BCUT2D eigenvalue weighted by atomic mass is 9.90. The molecule has 4 nitrogen and oxygen atoms in total. The van der Waals surface area contributed by atoms with E-state index in [-0.39, 0.29) is 18.0 Å². The molecule has 0 saturated heterocycles. The zero-order valence-corrected chi connectivity index (χ0v) is 17.9. The molecule has 32 heavy (non-hydrogen) atoms. The molecule has 168 valence electrons. The van der Waals surface area contributed by atoms with E-state index in [1.165, 1.54) is 0 Å². The number of halogens is 3. The number of carbonyl (C=O) groups is 1. The number of para-hydroxylation sites is 1. The van der Waals surface area contributed by atoms with Crippen molar-refractivity contribution < 1.29 is 18.0 Å². The Morgan fingerprint density at radius 3 is 2.38 bits per heavy atom. The minimum Gasteiger partial charge on any atom is -0.382 e. The van der Waals surface area contributed by atoms with Crippen molar-refractivity contribution in [2.24, 2.45) is 0 Å². The van der Waals surface area contributed by atoms with Gasteiger partial charge in [0.15, 0.2) is 0 Å². The van der Waals surface area contributed by atoms with Gasteiger partial charge in [-0.05, 0) is 55.9 Å². The molecule has 4 rings (SSSR count). The van der Waals surface area contributed by atoms with E-state index in [0.29, 0.717) is 22.2 Å². The molecule has 1 aromatic heterocycles. The van der Waals surface area contributed by atoms with E-state index in [4.69, 9.17) is 0 Å². The molecule has 1 aliphatic rings. The highest BCUT2D eigenvalue weighted by Crippen LogP contribution is 2.34. The highest BCUT2D eigenvalue weighted by Gasteiger charge is 2.34. The monoisotopic (exact) mass is 441 g/mol. The van der Waals surface area contributed by atoms with Gasteiger partial charge >= 0.3 is 6.18 Å².